The molecule has 0 aliphatic carbocycles. The van der Waals surface area contributed by atoms with E-state index >= 15 is 0 Å². The number of benzene rings is 1. The molecular weight excluding hydrogens is 528 g/mol. The molecule has 9 atom stereocenters. The minimum Gasteiger partial charge on any atom is -0.467 e. The van der Waals surface area contributed by atoms with Crippen LogP contribution >= 0.6 is 0 Å². The molecule has 3 fully saturated rings. The molecule has 4 rings (SSSR count). The largest absolute Gasteiger partial charge is 0.467 e. The van der Waals surface area contributed by atoms with Crippen LogP contribution in [0.3, 0.4) is 0 Å². The Morgan fingerprint density at radius 3 is 2.60 bits per heavy atom. The van der Waals surface area contributed by atoms with Crippen LogP contribution in [0.5, 0.6) is 0 Å². The summed E-state index contributed by atoms with van der Waals surface area (Å²) >= 11 is 0. The van der Waals surface area contributed by atoms with Crippen molar-refractivity contribution >= 4 is 14.3 Å². The molecule has 3 saturated heterocycles. The van der Waals surface area contributed by atoms with E-state index in [4.69, 9.17) is 32.8 Å². The number of hydrogen-bond acceptors (Lipinski definition) is 8. The first kappa shape index (κ1) is 31.3. The van der Waals surface area contributed by atoms with E-state index in [9.17, 15) is 4.79 Å². The third-order valence-corrected chi connectivity index (χ3v) is 9.14. The van der Waals surface area contributed by atoms with Crippen molar-refractivity contribution < 1.29 is 37.6 Å². The van der Waals surface area contributed by atoms with Crippen LogP contribution < -0.4 is 0 Å². The number of methoxy groups -OCH3 is 1. The minimum absolute atomic E-state index is 0.113. The van der Waals surface area contributed by atoms with Gasteiger partial charge in [0, 0.05) is 24.5 Å². The lowest BCUT2D eigenvalue weighted by Gasteiger charge is -2.52. The Labute approximate surface area is 240 Å². The first-order chi connectivity index (χ1) is 19.0. The maximum Gasteiger partial charge on any atom is 0.334 e. The van der Waals surface area contributed by atoms with Crippen LogP contribution in [0.15, 0.2) is 43.0 Å². The fourth-order valence-corrected chi connectivity index (χ4v) is 7.78. The normalized spacial score (nSPS) is 34.4. The molecule has 0 amide bonds. The van der Waals surface area contributed by atoms with Crippen molar-refractivity contribution in [2.24, 2.45) is 5.92 Å². The molecule has 0 saturated carbocycles. The fourth-order valence-electron chi connectivity index (χ4n) is 6.16. The summed E-state index contributed by atoms with van der Waals surface area (Å²) in [5.41, 5.74) is 0.406. The van der Waals surface area contributed by atoms with Crippen LogP contribution in [-0.2, 0) is 37.6 Å². The van der Waals surface area contributed by atoms with Crippen LogP contribution in [0.4, 0.5) is 0 Å². The van der Waals surface area contributed by atoms with Crippen molar-refractivity contribution in [2.75, 3.05) is 20.3 Å². The molecular formula is C31H48O8Si. The topological polar surface area (TPSA) is 81.7 Å². The number of carbonyl (C=O) groups is 1. The molecule has 3 aliphatic rings. The highest BCUT2D eigenvalue weighted by Gasteiger charge is 2.51. The van der Waals surface area contributed by atoms with Gasteiger partial charge in [0.05, 0.1) is 43.7 Å². The number of esters is 1. The monoisotopic (exact) mass is 576 g/mol. The van der Waals surface area contributed by atoms with Gasteiger partial charge in [-0.05, 0) is 52.2 Å². The summed E-state index contributed by atoms with van der Waals surface area (Å²) in [4.78, 5) is 12.9. The predicted octanol–water partition coefficient (Wildman–Crippen LogP) is 5.58. The zero-order valence-corrected chi connectivity index (χ0v) is 26.0. The Balaban J connectivity index is 1.47. The smallest absolute Gasteiger partial charge is 0.334 e. The lowest BCUT2D eigenvalue weighted by atomic mass is 9.83. The molecule has 0 aromatic heterocycles. The van der Waals surface area contributed by atoms with E-state index in [2.05, 4.69) is 40.1 Å². The summed E-state index contributed by atoms with van der Waals surface area (Å²) in [5.74, 6) is -0.270. The van der Waals surface area contributed by atoms with E-state index in [0.717, 1.165) is 18.4 Å². The zero-order valence-electron chi connectivity index (χ0n) is 25.0. The molecule has 224 valence electrons. The highest BCUT2D eigenvalue weighted by molar-refractivity contribution is 6.69. The van der Waals surface area contributed by atoms with Crippen LogP contribution in [0.1, 0.15) is 57.8 Å². The molecule has 3 aliphatic heterocycles. The van der Waals surface area contributed by atoms with E-state index in [1.807, 2.05) is 36.4 Å². The van der Waals surface area contributed by atoms with Crippen molar-refractivity contribution in [1.29, 1.82) is 0 Å². The highest BCUT2D eigenvalue weighted by Crippen LogP contribution is 2.42. The van der Waals surface area contributed by atoms with Crippen molar-refractivity contribution in [2.45, 2.75) is 114 Å². The quantitative estimate of drug-likeness (QED) is 0.192. The number of hydrogen-bond donors (Lipinski definition) is 0. The van der Waals surface area contributed by atoms with Crippen molar-refractivity contribution in [3.05, 3.63) is 48.6 Å². The minimum atomic E-state index is -1.96. The van der Waals surface area contributed by atoms with Gasteiger partial charge in [-0.1, -0.05) is 43.3 Å². The summed E-state index contributed by atoms with van der Waals surface area (Å²) < 4.78 is 43.6. The molecule has 0 N–H and O–H groups in total. The lowest BCUT2D eigenvalue weighted by Crippen LogP contribution is -2.61. The van der Waals surface area contributed by atoms with Gasteiger partial charge in [-0.3, -0.25) is 0 Å². The Morgan fingerprint density at radius 2 is 1.93 bits per heavy atom. The average molecular weight is 577 g/mol. The van der Waals surface area contributed by atoms with E-state index in [1.54, 1.807) is 0 Å². The van der Waals surface area contributed by atoms with Gasteiger partial charge >= 0.3 is 5.97 Å². The van der Waals surface area contributed by atoms with Gasteiger partial charge in [-0.15, -0.1) is 6.58 Å². The molecule has 0 radical (unpaired) electrons. The molecule has 8 nitrogen and oxygen atoms in total. The summed E-state index contributed by atoms with van der Waals surface area (Å²) in [6, 6.07) is 9.98. The SMILES string of the molecule is C=C[C@@H](C)[C@H]1OCCC[C@@H]1O[C@H](CC[C@@H]1O[C@@H]2CO[C@@H](c3ccccc3)O[C@H]2C[C@@]1(C)O[Si](C)(C)C)C(=O)OC. The maximum atomic E-state index is 12.9. The van der Waals surface area contributed by atoms with Gasteiger partial charge in [0.2, 0.25) is 0 Å². The number of ether oxygens (including phenoxy) is 6. The van der Waals surface area contributed by atoms with Crippen molar-refractivity contribution in [3.8, 4) is 0 Å². The first-order valence-corrected chi connectivity index (χ1v) is 18.1. The molecule has 0 spiro atoms. The third kappa shape index (κ3) is 7.82. The average Bonchev–Trinajstić information content (AvgIpc) is 2.93. The maximum absolute atomic E-state index is 12.9. The summed E-state index contributed by atoms with van der Waals surface area (Å²) in [6.07, 6.45) is 3.14. The van der Waals surface area contributed by atoms with Gasteiger partial charge in [-0.25, -0.2) is 4.79 Å². The first-order valence-electron chi connectivity index (χ1n) is 14.7. The second-order valence-corrected chi connectivity index (χ2v) is 16.9. The van der Waals surface area contributed by atoms with Crippen LogP contribution in [0, 0.1) is 5.92 Å². The third-order valence-electron chi connectivity index (χ3n) is 8.06. The second-order valence-electron chi connectivity index (χ2n) is 12.5. The van der Waals surface area contributed by atoms with Gasteiger partial charge in [-0.2, -0.15) is 0 Å². The molecule has 0 unspecified atom stereocenters. The summed E-state index contributed by atoms with van der Waals surface area (Å²) in [7, 11) is -0.555. The lowest BCUT2D eigenvalue weighted by molar-refractivity contribution is -0.314. The molecule has 0 bridgehead atoms. The van der Waals surface area contributed by atoms with Crippen molar-refractivity contribution in [1.82, 2.24) is 0 Å². The van der Waals surface area contributed by atoms with E-state index in [-0.39, 0.29) is 42.4 Å². The number of fused-ring (bicyclic) bond motifs is 1. The van der Waals surface area contributed by atoms with Crippen LogP contribution in [0.25, 0.3) is 0 Å². The van der Waals surface area contributed by atoms with Gasteiger partial charge in [0.1, 0.15) is 6.10 Å². The second kappa shape index (κ2) is 13.6. The Morgan fingerprint density at radius 1 is 1.18 bits per heavy atom. The molecule has 3 heterocycles. The summed E-state index contributed by atoms with van der Waals surface area (Å²) in [5, 5.41) is 0. The highest BCUT2D eigenvalue weighted by atomic mass is 28.4. The summed E-state index contributed by atoms with van der Waals surface area (Å²) in [6.45, 7) is 15.8. The molecule has 9 heteroatoms. The standard InChI is InChI=1S/C31H48O8Si/c1-8-21(2)28-23(15-12-18-34-28)36-24(29(32)33-4)16-17-27-31(3,39-40(5,6)7)19-25-26(37-27)20-35-30(38-25)22-13-10-9-11-14-22/h8-11,13-14,21,23-28,30H,1,12,15-20H2,2-7H3/t21-,23+,24-,25+,26-,27+,28-,30-,31-/m1/s1. The number of carbonyl (C=O) groups excluding carboxylic acids is 1. The van der Waals surface area contributed by atoms with Gasteiger partial charge in [0.15, 0.2) is 20.7 Å². The van der Waals surface area contributed by atoms with E-state index in [1.165, 1.54) is 7.11 Å². The van der Waals surface area contributed by atoms with Crippen LogP contribution in [0.2, 0.25) is 19.6 Å². The zero-order chi connectivity index (χ0) is 28.9. The fraction of sp³-hybridized carbons (Fsp3) is 0.710. The Bertz CT molecular complexity index is 968. The molecule has 40 heavy (non-hydrogen) atoms. The Hall–Kier alpha value is -1.59. The predicted molar refractivity (Wildman–Crippen MR) is 154 cm³/mol. The van der Waals surface area contributed by atoms with Crippen molar-refractivity contribution in [3.63, 3.8) is 0 Å². The van der Waals surface area contributed by atoms with E-state index in [0.29, 0.717) is 32.5 Å². The Kier molecular flexibility index (Phi) is 10.6. The molecule has 1 aromatic rings. The van der Waals surface area contributed by atoms with Gasteiger partial charge < -0.3 is 32.8 Å². The molecule has 1 aromatic carbocycles. The van der Waals surface area contributed by atoms with Gasteiger partial charge in [0.25, 0.3) is 0 Å². The van der Waals surface area contributed by atoms with Crippen LogP contribution in [-0.4, -0.2) is 76.8 Å². The van der Waals surface area contributed by atoms with E-state index < -0.39 is 26.3 Å². The number of rotatable bonds is 11.